The standard InChI is InChI=1S/C20H39N3O3/c1-2-3-4-5-6-7-8-9-10-11-12-13-14-15-19(25)23-20(26)17(21)16-18(22)24/h17H,2-16,21H2,1H3,(H2,22,24)(H,23,25,26)/t17-/m0/s1. The first-order valence-corrected chi connectivity index (χ1v) is 10.3. The number of primary amides is 1. The van der Waals surface area contributed by atoms with Gasteiger partial charge in [-0.3, -0.25) is 19.7 Å². The van der Waals surface area contributed by atoms with Gasteiger partial charge in [-0.15, -0.1) is 0 Å². The molecule has 5 N–H and O–H groups in total. The molecule has 26 heavy (non-hydrogen) atoms. The smallest absolute Gasteiger partial charge is 0.243 e. The van der Waals surface area contributed by atoms with Crippen LogP contribution in [0.2, 0.25) is 0 Å². The first kappa shape index (κ1) is 24.6. The van der Waals surface area contributed by atoms with E-state index in [2.05, 4.69) is 12.2 Å². The van der Waals surface area contributed by atoms with E-state index in [0.29, 0.717) is 6.42 Å². The molecule has 0 fully saturated rings. The van der Waals surface area contributed by atoms with E-state index in [4.69, 9.17) is 11.5 Å². The summed E-state index contributed by atoms with van der Waals surface area (Å²) < 4.78 is 0. The molecule has 0 rings (SSSR count). The van der Waals surface area contributed by atoms with Gasteiger partial charge < -0.3 is 11.5 Å². The molecule has 6 nitrogen and oxygen atoms in total. The van der Waals surface area contributed by atoms with Crippen LogP contribution in [0, 0.1) is 0 Å². The van der Waals surface area contributed by atoms with Crippen molar-refractivity contribution in [1.82, 2.24) is 5.32 Å². The van der Waals surface area contributed by atoms with Gasteiger partial charge in [0.15, 0.2) is 0 Å². The normalized spacial score (nSPS) is 11.9. The molecule has 0 aromatic heterocycles. The lowest BCUT2D eigenvalue weighted by molar-refractivity contribution is -0.132. The number of hydrogen-bond acceptors (Lipinski definition) is 4. The largest absolute Gasteiger partial charge is 0.370 e. The van der Waals surface area contributed by atoms with E-state index in [1.807, 2.05) is 0 Å². The topological polar surface area (TPSA) is 115 Å². The van der Waals surface area contributed by atoms with Crippen molar-refractivity contribution in [1.29, 1.82) is 0 Å². The molecule has 0 aromatic carbocycles. The van der Waals surface area contributed by atoms with E-state index in [1.54, 1.807) is 0 Å². The molecule has 0 radical (unpaired) electrons. The molecule has 0 spiro atoms. The molecule has 3 amide bonds. The Labute approximate surface area is 158 Å². The predicted molar refractivity (Wildman–Crippen MR) is 105 cm³/mol. The van der Waals surface area contributed by atoms with Crippen molar-refractivity contribution in [2.45, 2.75) is 109 Å². The van der Waals surface area contributed by atoms with Crippen LogP contribution in [0.5, 0.6) is 0 Å². The fourth-order valence-corrected chi connectivity index (χ4v) is 2.91. The SMILES string of the molecule is CCCCCCCCCCCCCCCC(=O)NC(=O)[C@@H](N)CC(N)=O. The van der Waals surface area contributed by atoms with Crippen molar-refractivity contribution in [3.8, 4) is 0 Å². The zero-order valence-electron chi connectivity index (χ0n) is 16.6. The Kier molecular flexibility index (Phi) is 16.1. The fourth-order valence-electron chi connectivity index (χ4n) is 2.91. The van der Waals surface area contributed by atoms with Gasteiger partial charge in [-0.1, -0.05) is 84.0 Å². The molecule has 0 aliphatic heterocycles. The predicted octanol–water partition coefficient (Wildman–Crippen LogP) is 3.31. The van der Waals surface area contributed by atoms with Gasteiger partial charge in [0.1, 0.15) is 0 Å². The number of nitrogens with one attached hydrogen (secondary N) is 1. The van der Waals surface area contributed by atoms with Crippen LogP contribution in [0.15, 0.2) is 0 Å². The van der Waals surface area contributed by atoms with Crippen LogP contribution in [-0.2, 0) is 14.4 Å². The minimum Gasteiger partial charge on any atom is -0.370 e. The number of imide groups is 1. The van der Waals surface area contributed by atoms with Crippen LogP contribution in [0.4, 0.5) is 0 Å². The van der Waals surface area contributed by atoms with E-state index >= 15 is 0 Å². The minimum absolute atomic E-state index is 0.252. The highest BCUT2D eigenvalue weighted by Gasteiger charge is 2.17. The Morgan fingerprint density at radius 3 is 1.62 bits per heavy atom. The fraction of sp³-hybridized carbons (Fsp3) is 0.850. The van der Waals surface area contributed by atoms with Crippen molar-refractivity contribution >= 4 is 17.7 Å². The third-order valence-corrected chi connectivity index (χ3v) is 4.53. The quantitative estimate of drug-likeness (QED) is 0.341. The Balaban J connectivity index is 3.40. The average Bonchev–Trinajstić information content (AvgIpc) is 2.58. The summed E-state index contributed by atoms with van der Waals surface area (Å²) in [6.07, 6.45) is 16.2. The lowest BCUT2D eigenvalue weighted by Crippen LogP contribution is -2.45. The van der Waals surface area contributed by atoms with Crippen molar-refractivity contribution in [2.24, 2.45) is 11.5 Å². The molecule has 0 aliphatic rings. The number of hydrogen-bond donors (Lipinski definition) is 3. The summed E-state index contributed by atoms with van der Waals surface area (Å²) in [5.74, 6) is -1.63. The zero-order valence-corrected chi connectivity index (χ0v) is 16.6. The number of carbonyl (C=O) groups excluding carboxylic acids is 3. The highest BCUT2D eigenvalue weighted by atomic mass is 16.2. The monoisotopic (exact) mass is 369 g/mol. The van der Waals surface area contributed by atoms with E-state index in [1.165, 1.54) is 64.2 Å². The van der Waals surface area contributed by atoms with E-state index in [9.17, 15) is 14.4 Å². The first-order chi connectivity index (χ1) is 12.5. The molecular weight excluding hydrogens is 330 g/mol. The summed E-state index contributed by atoms with van der Waals surface area (Å²) in [6.45, 7) is 2.24. The molecule has 0 bridgehead atoms. The van der Waals surface area contributed by atoms with E-state index in [-0.39, 0.29) is 12.3 Å². The maximum absolute atomic E-state index is 11.6. The van der Waals surface area contributed by atoms with Gasteiger partial charge in [0.25, 0.3) is 0 Å². The molecule has 0 aromatic rings. The second-order valence-electron chi connectivity index (χ2n) is 7.18. The van der Waals surface area contributed by atoms with Crippen LogP contribution in [0.25, 0.3) is 0 Å². The highest BCUT2D eigenvalue weighted by molar-refractivity contribution is 5.99. The average molecular weight is 370 g/mol. The van der Waals surface area contributed by atoms with Gasteiger partial charge in [-0.25, -0.2) is 0 Å². The van der Waals surface area contributed by atoms with Gasteiger partial charge in [-0.2, -0.15) is 0 Å². The Morgan fingerprint density at radius 1 is 0.769 bits per heavy atom. The van der Waals surface area contributed by atoms with E-state index in [0.717, 1.165) is 19.3 Å². The lowest BCUT2D eigenvalue weighted by atomic mass is 10.0. The summed E-state index contributed by atoms with van der Waals surface area (Å²) in [7, 11) is 0. The van der Waals surface area contributed by atoms with Crippen molar-refractivity contribution in [3.05, 3.63) is 0 Å². The van der Waals surface area contributed by atoms with Crippen LogP contribution in [0.3, 0.4) is 0 Å². The van der Waals surface area contributed by atoms with Crippen LogP contribution in [-0.4, -0.2) is 23.8 Å². The van der Waals surface area contributed by atoms with Crippen molar-refractivity contribution in [3.63, 3.8) is 0 Å². The molecule has 0 heterocycles. The summed E-state index contributed by atoms with van der Waals surface area (Å²) in [5, 5.41) is 2.22. The molecule has 1 atom stereocenters. The Morgan fingerprint density at radius 2 is 1.19 bits per heavy atom. The molecule has 0 saturated heterocycles. The van der Waals surface area contributed by atoms with Gasteiger partial charge in [0, 0.05) is 6.42 Å². The van der Waals surface area contributed by atoms with Crippen LogP contribution < -0.4 is 16.8 Å². The Hall–Kier alpha value is -1.43. The molecule has 152 valence electrons. The number of carbonyl (C=O) groups is 3. The van der Waals surface area contributed by atoms with Crippen molar-refractivity contribution in [2.75, 3.05) is 0 Å². The molecular formula is C20H39N3O3. The van der Waals surface area contributed by atoms with E-state index < -0.39 is 17.9 Å². The van der Waals surface area contributed by atoms with Gasteiger partial charge >= 0.3 is 0 Å². The Bertz CT molecular complexity index is 400. The van der Waals surface area contributed by atoms with Gasteiger partial charge in [-0.05, 0) is 6.42 Å². The molecule has 6 heteroatoms. The second-order valence-corrected chi connectivity index (χ2v) is 7.18. The molecule has 0 saturated carbocycles. The van der Waals surface area contributed by atoms with Crippen LogP contribution in [0.1, 0.15) is 103 Å². The van der Waals surface area contributed by atoms with Gasteiger partial charge in [0.2, 0.25) is 17.7 Å². The first-order valence-electron chi connectivity index (χ1n) is 10.3. The summed E-state index contributed by atoms with van der Waals surface area (Å²) in [6, 6.07) is -1.05. The molecule has 0 unspecified atom stereocenters. The maximum Gasteiger partial charge on any atom is 0.243 e. The number of unbranched alkanes of at least 4 members (excludes halogenated alkanes) is 12. The highest BCUT2D eigenvalue weighted by Crippen LogP contribution is 2.12. The van der Waals surface area contributed by atoms with Crippen molar-refractivity contribution < 1.29 is 14.4 Å². The van der Waals surface area contributed by atoms with Crippen LogP contribution >= 0.6 is 0 Å². The lowest BCUT2D eigenvalue weighted by Gasteiger charge is -2.09. The molecule has 0 aliphatic carbocycles. The van der Waals surface area contributed by atoms with Gasteiger partial charge in [0.05, 0.1) is 12.5 Å². The summed E-state index contributed by atoms with van der Waals surface area (Å²) in [5.41, 5.74) is 10.4. The minimum atomic E-state index is -1.05. The number of rotatable bonds is 17. The summed E-state index contributed by atoms with van der Waals surface area (Å²) >= 11 is 0. The second kappa shape index (κ2) is 17.0. The number of amides is 3. The zero-order chi connectivity index (χ0) is 19.6. The third kappa shape index (κ3) is 16.1. The number of nitrogens with two attached hydrogens (primary N) is 2. The maximum atomic E-state index is 11.6. The summed E-state index contributed by atoms with van der Waals surface area (Å²) in [4.78, 5) is 33.9. The third-order valence-electron chi connectivity index (χ3n) is 4.53.